The third-order valence-corrected chi connectivity index (χ3v) is 8.53. The van der Waals surface area contributed by atoms with E-state index in [0.29, 0.717) is 11.3 Å². The molecule has 0 spiro atoms. The van der Waals surface area contributed by atoms with E-state index in [2.05, 4.69) is 5.32 Å². The number of thiophene rings is 1. The van der Waals surface area contributed by atoms with Crippen molar-refractivity contribution in [2.45, 2.75) is 30.9 Å². The van der Waals surface area contributed by atoms with Gasteiger partial charge in [-0.3, -0.25) is 19.3 Å². The van der Waals surface area contributed by atoms with E-state index in [-0.39, 0.29) is 18.0 Å². The van der Waals surface area contributed by atoms with E-state index in [0.717, 1.165) is 16.0 Å². The topological polar surface area (TPSA) is 102 Å². The van der Waals surface area contributed by atoms with Gasteiger partial charge in [0.25, 0.3) is 5.91 Å². The first-order chi connectivity index (χ1) is 19.4. The van der Waals surface area contributed by atoms with E-state index in [1.807, 2.05) is 78.2 Å². The average Bonchev–Trinajstić information content (AvgIpc) is 3.48. The normalized spacial score (nSPS) is 18.4. The van der Waals surface area contributed by atoms with Crippen molar-refractivity contribution in [3.05, 3.63) is 118 Å². The van der Waals surface area contributed by atoms with Crippen molar-refractivity contribution in [3.8, 4) is 0 Å². The first-order valence-corrected chi connectivity index (χ1v) is 14.5. The summed E-state index contributed by atoms with van der Waals surface area (Å²) in [5.41, 5.74) is 2.09. The van der Waals surface area contributed by atoms with Crippen LogP contribution in [0.2, 0.25) is 0 Å². The first-order valence-electron chi connectivity index (χ1n) is 12.6. The lowest BCUT2D eigenvalue weighted by Crippen LogP contribution is -2.70. The molecule has 2 amide bonds. The molecule has 8 nitrogen and oxygen atoms in total. The Morgan fingerprint density at radius 3 is 2.30 bits per heavy atom. The Morgan fingerprint density at radius 1 is 1.02 bits per heavy atom. The van der Waals surface area contributed by atoms with E-state index in [1.54, 1.807) is 0 Å². The highest BCUT2D eigenvalue weighted by molar-refractivity contribution is 8.00. The van der Waals surface area contributed by atoms with Gasteiger partial charge in [0.2, 0.25) is 5.91 Å². The zero-order valence-corrected chi connectivity index (χ0v) is 23.2. The van der Waals surface area contributed by atoms with Gasteiger partial charge < -0.3 is 14.8 Å². The van der Waals surface area contributed by atoms with Crippen LogP contribution < -0.4 is 5.32 Å². The third kappa shape index (κ3) is 6.03. The number of nitrogens with one attached hydrogen (secondary N) is 1. The number of thioether (sulfide) groups is 1. The van der Waals surface area contributed by atoms with E-state index < -0.39 is 35.4 Å². The number of ether oxygens (including phenoxy) is 2. The molecule has 204 valence electrons. The Labute approximate surface area is 239 Å². The number of carbonyl (C=O) groups excluding carboxylic acids is 4. The van der Waals surface area contributed by atoms with Crippen molar-refractivity contribution < 1.29 is 28.7 Å². The summed E-state index contributed by atoms with van der Waals surface area (Å²) in [6, 6.07) is 21.6. The minimum atomic E-state index is -0.765. The minimum absolute atomic E-state index is 0.0674. The number of rotatable bonds is 9. The molecule has 2 unspecified atom stereocenters. The SMILES string of the molecule is CC(=O)OC=CC1=C(C(=O)OC(c2ccccc2)c2ccccc2)N2C(=O)C(NC(=O)Cc3cccs3)C2SC1. The average molecular weight is 575 g/mol. The summed E-state index contributed by atoms with van der Waals surface area (Å²) in [7, 11) is 0. The Bertz CT molecular complexity index is 1410. The summed E-state index contributed by atoms with van der Waals surface area (Å²) < 4.78 is 11.0. The quantitative estimate of drug-likeness (QED) is 0.230. The summed E-state index contributed by atoms with van der Waals surface area (Å²) >= 11 is 2.88. The van der Waals surface area contributed by atoms with E-state index in [9.17, 15) is 19.2 Å². The lowest BCUT2D eigenvalue weighted by Gasteiger charge is -2.49. The van der Waals surface area contributed by atoms with Crippen LogP contribution in [0.4, 0.5) is 0 Å². The monoisotopic (exact) mass is 574 g/mol. The molecule has 3 aromatic rings. The Balaban J connectivity index is 1.41. The van der Waals surface area contributed by atoms with Crippen LogP contribution in [0.25, 0.3) is 0 Å². The fourth-order valence-electron chi connectivity index (χ4n) is 4.52. The highest BCUT2D eigenvalue weighted by Gasteiger charge is 2.54. The number of nitrogens with zero attached hydrogens (tertiary/aromatic N) is 1. The Kier molecular flexibility index (Phi) is 8.47. The number of esters is 2. The number of fused-ring (bicyclic) bond motifs is 1. The minimum Gasteiger partial charge on any atom is -0.448 e. The fraction of sp³-hybridized carbons (Fsp3) is 0.200. The van der Waals surface area contributed by atoms with Gasteiger partial charge in [0, 0.05) is 17.6 Å². The van der Waals surface area contributed by atoms with Gasteiger partial charge in [0.05, 0.1) is 12.7 Å². The van der Waals surface area contributed by atoms with Gasteiger partial charge in [0.1, 0.15) is 17.1 Å². The maximum atomic E-state index is 13.8. The molecule has 2 atom stereocenters. The number of benzene rings is 2. The second kappa shape index (κ2) is 12.4. The number of carbonyl (C=O) groups is 4. The van der Waals surface area contributed by atoms with Gasteiger partial charge in [0.15, 0.2) is 6.10 Å². The Hall–Kier alpha value is -4.15. The summed E-state index contributed by atoms with van der Waals surface area (Å²) in [4.78, 5) is 53.4. The molecule has 3 heterocycles. The predicted molar refractivity (Wildman–Crippen MR) is 152 cm³/mol. The lowest BCUT2D eigenvalue weighted by molar-refractivity contribution is -0.154. The zero-order chi connectivity index (χ0) is 28.1. The van der Waals surface area contributed by atoms with E-state index >= 15 is 0 Å². The molecule has 1 fully saturated rings. The van der Waals surface area contributed by atoms with Crippen molar-refractivity contribution >= 4 is 46.9 Å². The van der Waals surface area contributed by atoms with E-state index in [4.69, 9.17) is 9.47 Å². The maximum absolute atomic E-state index is 13.8. The molecule has 0 saturated carbocycles. The zero-order valence-electron chi connectivity index (χ0n) is 21.5. The molecule has 1 N–H and O–H groups in total. The van der Waals surface area contributed by atoms with Crippen LogP contribution in [0.3, 0.4) is 0 Å². The van der Waals surface area contributed by atoms with Crippen molar-refractivity contribution in [1.82, 2.24) is 10.2 Å². The summed E-state index contributed by atoms with van der Waals surface area (Å²) in [5.74, 6) is -1.53. The molecular formula is C30H26N2O6S2. The molecule has 1 aromatic heterocycles. The number of β-lactam (4-membered cyclic amide) rings is 1. The summed E-state index contributed by atoms with van der Waals surface area (Å²) in [6.07, 6.45) is 2.15. The molecule has 0 radical (unpaired) electrons. The molecule has 2 aliphatic rings. The summed E-state index contributed by atoms with van der Waals surface area (Å²) in [6.45, 7) is 1.27. The van der Waals surface area contributed by atoms with Crippen LogP contribution in [0, 0.1) is 0 Å². The van der Waals surface area contributed by atoms with E-state index in [1.165, 1.54) is 47.3 Å². The van der Waals surface area contributed by atoms with Gasteiger partial charge in [-0.25, -0.2) is 4.79 Å². The largest absolute Gasteiger partial charge is 0.448 e. The fourth-order valence-corrected chi connectivity index (χ4v) is 6.54. The Morgan fingerprint density at radius 2 is 1.70 bits per heavy atom. The highest BCUT2D eigenvalue weighted by Crippen LogP contribution is 2.42. The number of hydrogen-bond acceptors (Lipinski definition) is 8. The molecule has 1 saturated heterocycles. The molecule has 0 bridgehead atoms. The summed E-state index contributed by atoms with van der Waals surface area (Å²) in [5, 5.41) is 4.24. The molecular weight excluding hydrogens is 548 g/mol. The van der Waals surface area contributed by atoms with Crippen LogP contribution >= 0.6 is 23.1 Å². The molecule has 2 aromatic carbocycles. The van der Waals surface area contributed by atoms with Crippen LogP contribution in [0.1, 0.15) is 29.0 Å². The highest BCUT2D eigenvalue weighted by atomic mass is 32.2. The second-order valence-electron chi connectivity index (χ2n) is 9.10. The maximum Gasteiger partial charge on any atom is 0.356 e. The van der Waals surface area contributed by atoms with Gasteiger partial charge in [-0.2, -0.15) is 0 Å². The standard InChI is InChI=1S/C30H26N2O6S2/c1-19(33)37-15-14-22-18-40-29-25(31-24(34)17-23-13-8-16-39-23)28(35)32(29)26(22)30(36)38-27(20-9-4-2-5-10-20)21-11-6-3-7-12-21/h2-16,25,27,29H,17-18H2,1H3,(H,31,34). The van der Waals surface area contributed by atoms with Gasteiger partial charge in [-0.15, -0.1) is 23.1 Å². The van der Waals surface area contributed by atoms with Crippen molar-refractivity contribution in [2.24, 2.45) is 0 Å². The number of hydrogen-bond donors (Lipinski definition) is 1. The predicted octanol–water partition coefficient (Wildman–Crippen LogP) is 4.35. The molecule has 10 heteroatoms. The third-order valence-electron chi connectivity index (χ3n) is 6.36. The van der Waals surface area contributed by atoms with Crippen LogP contribution in [-0.2, 0) is 35.1 Å². The second-order valence-corrected chi connectivity index (χ2v) is 11.2. The molecule has 40 heavy (non-hydrogen) atoms. The van der Waals surface area contributed by atoms with Crippen LogP contribution in [-0.4, -0.2) is 45.8 Å². The number of allylic oxidation sites excluding steroid dienone is 1. The van der Waals surface area contributed by atoms with Gasteiger partial charge in [-0.05, 0) is 34.2 Å². The molecule has 5 rings (SSSR count). The first kappa shape index (κ1) is 27.4. The molecule has 2 aliphatic heterocycles. The van der Waals surface area contributed by atoms with Gasteiger partial charge >= 0.3 is 11.9 Å². The smallest absolute Gasteiger partial charge is 0.356 e. The van der Waals surface area contributed by atoms with Crippen LogP contribution in [0.5, 0.6) is 0 Å². The van der Waals surface area contributed by atoms with Gasteiger partial charge in [-0.1, -0.05) is 66.7 Å². The number of amides is 2. The van der Waals surface area contributed by atoms with Crippen molar-refractivity contribution in [2.75, 3.05) is 5.75 Å². The molecule has 0 aliphatic carbocycles. The van der Waals surface area contributed by atoms with Crippen LogP contribution in [0.15, 0.2) is 102 Å². The lowest BCUT2D eigenvalue weighted by atomic mass is 10.0. The van der Waals surface area contributed by atoms with Crippen molar-refractivity contribution in [3.63, 3.8) is 0 Å². The van der Waals surface area contributed by atoms with Crippen molar-refractivity contribution in [1.29, 1.82) is 0 Å².